The molecular formula is C18H27FN2O3. The van der Waals surface area contributed by atoms with Crippen LogP contribution in [0.2, 0.25) is 0 Å². The second kappa shape index (κ2) is 7.64. The first-order valence-electron chi connectivity index (χ1n) is 7.87. The zero-order chi connectivity index (χ0) is 18.5. The number of carbonyl (C=O) groups is 2. The standard InChI is InChI=1S/C18H27FN2O3/c1-17(2,3)24-16(23)20-18(4,5)12-21(6)15(22)11-13-8-7-9-14(19)10-13/h7-10H,11-12H2,1-6H3,(H,20,23). The van der Waals surface area contributed by atoms with E-state index in [0.29, 0.717) is 12.1 Å². The summed E-state index contributed by atoms with van der Waals surface area (Å²) in [6.07, 6.45) is -0.421. The van der Waals surface area contributed by atoms with Crippen LogP contribution in [-0.4, -0.2) is 41.6 Å². The summed E-state index contributed by atoms with van der Waals surface area (Å²) in [5.74, 6) is -0.519. The smallest absolute Gasteiger partial charge is 0.408 e. The summed E-state index contributed by atoms with van der Waals surface area (Å²) in [5, 5.41) is 2.76. The molecule has 1 aromatic carbocycles. The number of ether oxygens (including phenoxy) is 1. The first-order valence-corrected chi connectivity index (χ1v) is 7.87. The highest BCUT2D eigenvalue weighted by molar-refractivity contribution is 5.78. The van der Waals surface area contributed by atoms with E-state index in [1.165, 1.54) is 17.0 Å². The minimum Gasteiger partial charge on any atom is -0.444 e. The number of alkyl carbamates (subject to hydrolysis) is 1. The third-order valence-corrected chi connectivity index (χ3v) is 3.14. The minimum atomic E-state index is -0.658. The summed E-state index contributed by atoms with van der Waals surface area (Å²) < 4.78 is 18.4. The lowest BCUT2D eigenvalue weighted by Crippen LogP contribution is -2.53. The fourth-order valence-electron chi connectivity index (χ4n) is 2.26. The van der Waals surface area contributed by atoms with E-state index in [2.05, 4.69) is 5.32 Å². The zero-order valence-corrected chi connectivity index (χ0v) is 15.3. The van der Waals surface area contributed by atoms with E-state index in [9.17, 15) is 14.0 Å². The molecule has 6 heteroatoms. The predicted molar refractivity (Wildman–Crippen MR) is 91.2 cm³/mol. The molecule has 0 unspecified atom stereocenters. The topological polar surface area (TPSA) is 58.6 Å². The molecule has 0 aliphatic rings. The molecule has 0 saturated heterocycles. The second-order valence-corrected chi connectivity index (χ2v) is 7.57. The van der Waals surface area contributed by atoms with Crippen molar-refractivity contribution in [2.24, 2.45) is 0 Å². The molecule has 1 rings (SSSR count). The van der Waals surface area contributed by atoms with Crippen LogP contribution in [0.25, 0.3) is 0 Å². The molecule has 1 aromatic rings. The Morgan fingerprint density at radius 2 is 1.83 bits per heavy atom. The van der Waals surface area contributed by atoms with Crippen LogP contribution in [0.3, 0.4) is 0 Å². The van der Waals surface area contributed by atoms with Gasteiger partial charge in [-0.25, -0.2) is 9.18 Å². The lowest BCUT2D eigenvalue weighted by Gasteiger charge is -2.32. The summed E-state index contributed by atoms with van der Waals surface area (Å²) in [6.45, 7) is 9.28. The van der Waals surface area contributed by atoms with E-state index in [-0.39, 0.29) is 18.1 Å². The van der Waals surface area contributed by atoms with Crippen molar-refractivity contribution in [1.82, 2.24) is 10.2 Å². The molecule has 0 bridgehead atoms. The monoisotopic (exact) mass is 338 g/mol. The molecule has 0 heterocycles. The molecule has 0 aliphatic heterocycles. The summed E-state index contributed by atoms with van der Waals surface area (Å²) in [7, 11) is 1.65. The molecule has 0 saturated carbocycles. The minimum absolute atomic E-state index is 0.108. The van der Waals surface area contributed by atoms with Gasteiger partial charge in [0.1, 0.15) is 11.4 Å². The Labute approximate surface area is 143 Å². The third kappa shape index (κ3) is 7.44. The van der Waals surface area contributed by atoms with E-state index in [1.807, 2.05) is 13.8 Å². The van der Waals surface area contributed by atoms with Crippen molar-refractivity contribution < 1.29 is 18.7 Å². The van der Waals surface area contributed by atoms with Gasteiger partial charge in [0, 0.05) is 13.6 Å². The van der Waals surface area contributed by atoms with Crippen molar-refractivity contribution in [1.29, 1.82) is 0 Å². The number of nitrogens with zero attached hydrogens (tertiary/aromatic N) is 1. The van der Waals surface area contributed by atoms with Gasteiger partial charge in [0.05, 0.1) is 12.0 Å². The number of amides is 2. The van der Waals surface area contributed by atoms with Crippen molar-refractivity contribution in [3.63, 3.8) is 0 Å². The van der Waals surface area contributed by atoms with Crippen LogP contribution < -0.4 is 5.32 Å². The van der Waals surface area contributed by atoms with Crippen LogP contribution in [0.5, 0.6) is 0 Å². The average molecular weight is 338 g/mol. The zero-order valence-electron chi connectivity index (χ0n) is 15.3. The van der Waals surface area contributed by atoms with Gasteiger partial charge in [0.15, 0.2) is 0 Å². The number of likely N-dealkylation sites (N-methyl/N-ethyl adjacent to an activating group) is 1. The highest BCUT2D eigenvalue weighted by Gasteiger charge is 2.27. The van der Waals surface area contributed by atoms with Gasteiger partial charge in [-0.1, -0.05) is 12.1 Å². The Morgan fingerprint density at radius 3 is 2.38 bits per heavy atom. The molecule has 134 valence electrons. The molecule has 0 fully saturated rings. The van der Waals surface area contributed by atoms with Crippen molar-refractivity contribution in [3.8, 4) is 0 Å². The Morgan fingerprint density at radius 1 is 1.21 bits per heavy atom. The second-order valence-electron chi connectivity index (χ2n) is 7.57. The quantitative estimate of drug-likeness (QED) is 0.897. The van der Waals surface area contributed by atoms with Crippen LogP contribution in [-0.2, 0) is 16.0 Å². The molecule has 2 amide bonds. The first kappa shape index (κ1) is 19.9. The highest BCUT2D eigenvalue weighted by Crippen LogP contribution is 2.12. The van der Waals surface area contributed by atoms with Crippen molar-refractivity contribution in [2.75, 3.05) is 13.6 Å². The maximum atomic E-state index is 13.2. The number of carbonyl (C=O) groups excluding carboxylic acids is 2. The molecule has 0 atom stereocenters. The van der Waals surface area contributed by atoms with Gasteiger partial charge >= 0.3 is 6.09 Å². The van der Waals surface area contributed by atoms with E-state index in [4.69, 9.17) is 4.74 Å². The molecule has 1 N–H and O–H groups in total. The van der Waals surface area contributed by atoms with Gasteiger partial charge < -0.3 is 15.0 Å². The SMILES string of the molecule is CN(CC(C)(C)NC(=O)OC(C)(C)C)C(=O)Cc1cccc(F)c1. The molecule has 0 aromatic heterocycles. The number of hydrogen-bond donors (Lipinski definition) is 1. The maximum Gasteiger partial charge on any atom is 0.408 e. The lowest BCUT2D eigenvalue weighted by atomic mass is 10.0. The number of benzene rings is 1. The Hall–Kier alpha value is -2.11. The summed E-state index contributed by atoms with van der Waals surface area (Å²) in [4.78, 5) is 25.7. The normalized spacial score (nSPS) is 11.8. The van der Waals surface area contributed by atoms with Crippen molar-refractivity contribution in [3.05, 3.63) is 35.6 Å². The third-order valence-electron chi connectivity index (χ3n) is 3.14. The van der Waals surface area contributed by atoms with Crippen molar-refractivity contribution >= 4 is 12.0 Å². The van der Waals surface area contributed by atoms with Crippen molar-refractivity contribution in [2.45, 2.75) is 52.2 Å². The van der Waals surface area contributed by atoms with E-state index in [0.717, 1.165) is 0 Å². The van der Waals surface area contributed by atoms with Gasteiger partial charge in [0.2, 0.25) is 5.91 Å². The maximum absolute atomic E-state index is 13.2. The Bertz CT molecular complexity index is 594. The summed E-state index contributed by atoms with van der Waals surface area (Å²) in [6, 6.07) is 5.96. The molecule has 24 heavy (non-hydrogen) atoms. The molecule has 5 nitrogen and oxygen atoms in total. The van der Waals surface area contributed by atoms with Crippen LogP contribution in [0.4, 0.5) is 9.18 Å². The van der Waals surface area contributed by atoms with Crippen LogP contribution >= 0.6 is 0 Å². The largest absolute Gasteiger partial charge is 0.444 e. The molecular weight excluding hydrogens is 311 g/mol. The molecule has 0 aliphatic carbocycles. The molecule has 0 radical (unpaired) electrons. The van der Waals surface area contributed by atoms with Gasteiger partial charge in [-0.3, -0.25) is 4.79 Å². The Kier molecular flexibility index (Phi) is 6.35. The van der Waals surface area contributed by atoms with E-state index < -0.39 is 17.2 Å². The van der Waals surface area contributed by atoms with Gasteiger partial charge in [0.25, 0.3) is 0 Å². The van der Waals surface area contributed by atoms with E-state index in [1.54, 1.807) is 40.0 Å². The van der Waals surface area contributed by atoms with Crippen LogP contribution in [0.15, 0.2) is 24.3 Å². The number of halogens is 1. The van der Waals surface area contributed by atoms with Gasteiger partial charge in [-0.2, -0.15) is 0 Å². The molecule has 0 spiro atoms. The summed E-state index contributed by atoms with van der Waals surface area (Å²) in [5.41, 5.74) is -0.627. The average Bonchev–Trinajstić information content (AvgIpc) is 2.34. The van der Waals surface area contributed by atoms with Gasteiger partial charge in [-0.15, -0.1) is 0 Å². The lowest BCUT2D eigenvalue weighted by molar-refractivity contribution is -0.130. The summed E-state index contributed by atoms with van der Waals surface area (Å²) >= 11 is 0. The highest BCUT2D eigenvalue weighted by atomic mass is 19.1. The number of hydrogen-bond acceptors (Lipinski definition) is 3. The van der Waals surface area contributed by atoms with E-state index >= 15 is 0 Å². The first-order chi connectivity index (χ1) is 10.9. The van der Waals surface area contributed by atoms with Crippen LogP contribution in [0.1, 0.15) is 40.2 Å². The Balaban J connectivity index is 2.59. The number of nitrogens with one attached hydrogen (secondary N) is 1. The fourth-order valence-corrected chi connectivity index (χ4v) is 2.26. The fraction of sp³-hybridized carbons (Fsp3) is 0.556. The van der Waals surface area contributed by atoms with Crippen LogP contribution in [0, 0.1) is 5.82 Å². The van der Waals surface area contributed by atoms with Gasteiger partial charge in [-0.05, 0) is 52.3 Å². The predicted octanol–water partition coefficient (Wildman–Crippen LogP) is 3.13. The number of rotatable bonds is 5.